The van der Waals surface area contributed by atoms with Crippen LogP contribution in [0.2, 0.25) is 0 Å². The Kier molecular flexibility index (Phi) is 5.05. The van der Waals surface area contributed by atoms with Gasteiger partial charge >= 0.3 is 0 Å². The van der Waals surface area contributed by atoms with Crippen LogP contribution < -0.4 is 10.2 Å². The number of carbonyl (C=O) groups excluding carboxylic acids is 1. The molecule has 1 fully saturated rings. The van der Waals surface area contributed by atoms with E-state index in [0.717, 1.165) is 17.2 Å². The molecule has 0 spiro atoms. The van der Waals surface area contributed by atoms with Crippen LogP contribution in [-0.2, 0) is 0 Å². The van der Waals surface area contributed by atoms with E-state index in [2.05, 4.69) is 35.4 Å². The number of rotatable bonds is 4. The number of amides is 1. The summed E-state index contributed by atoms with van der Waals surface area (Å²) in [5.41, 5.74) is 1.12. The fourth-order valence-electron chi connectivity index (χ4n) is 2.99. The lowest BCUT2D eigenvalue weighted by Gasteiger charge is -2.34. The fourth-order valence-corrected chi connectivity index (χ4v) is 2.99. The van der Waals surface area contributed by atoms with Gasteiger partial charge in [-0.2, -0.15) is 0 Å². The number of anilines is 3. The van der Waals surface area contributed by atoms with Crippen molar-refractivity contribution in [2.24, 2.45) is 0 Å². The highest BCUT2D eigenvalue weighted by molar-refractivity contribution is 5.90. The van der Waals surface area contributed by atoms with Crippen molar-refractivity contribution in [2.45, 2.75) is 6.92 Å². The van der Waals surface area contributed by atoms with Crippen LogP contribution in [0, 0.1) is 6.92 Å². The van der Waals surface area contributed by atoms with Crippen LogP contribution in [0.15, 0.2) is 48.9 Å². The van der Waals surface area contributed by atoms with E-state index in [1.807, 2.05) is 31.2 Å². The zero-order chi connectivity index (χ0) is 19.3. The second kappa shape index (κ2) is 7.95. The maximum absolute atomic E-state index is 12.4. The van der Waals surface area contributed by atoms with Gasteiger partial charge in [-0.1, -0.05) is 0 Å². The van der Waals surface area contributed by atoms with E-state index >= 15 is 0 Å². The van der Waals surface area contributed by atoms with Crippen LogP contribution in [0.5, 0.6) is 0 Å². The van der Waals surface area contributed by atoms with Gasteiger partial charge in [0, 0.05) is 44.8 Å². The molecule has 0 radical (unpaired) electrons. The average Bonchev–Trinajstić information content (AvgIpc) is 2.75. The molecule has 142 valence electrons. The zero-order valence-electron chi connectivity index (χ0n) is 15.5. The molecule has 1 aliphatic rings. The van der Waals surface area contributed by atoms with Crippen molar-refractivity contribution in [3.63, 3.8) is 0 Å². The number of nitrogens with zero attached hydrogens (tertiary/aromatic N) is 7. The largest absolute Gasteiger partial charge is 0.352 e. The van der Waals surface area contributed by atoms with Crippen molar-refractivity contribution in [2.75, 3.05) is 36.4 Å². The Morgan fingerprint density at radius 3 is 2.39 bits per heavy atom. The molecule has 0 atom stereocenters. The maximum Gasteiger partial charge on any atom is 0.291 e. The number of pyridine rings is 1. The smallest absolute Gasteiger partial charge is 0.291 e. The van der Waals surface area contributed by atoms with Gasteiger partial charge in [-0.3, -0.25) is 4.79 Å². The first-order chi connectivity index (χ1) is 13.7. The van der Waals surface area contributed by atoms with E-state index in [0.29, 0.717) is 32.0 Å². The summed E-state index contributed by atoms with van der Waals surface area (Å²) in [5.74, 6) is 2.24. The fraction of sp³-hybridized carbons (Fsp3) is 0.263. The SMILES string of the molecule is Cc1ccnc(Nc2ccc(N3CCN(C(=O)c4ncccn4)CC3)nn2)c1. The first-order valence-electron chi connectivity index (χ1n) is 9.04. The van der Waals surface area contributed by atoms with Crippen LogP contribution in [-0.4, -0.2) is 62.1 Å². The van der Waals surface area contributed by atoms with Gasteiger partial charge in [0.15, 0.2) is 11.6 Å². The van der Waals surface area contributed by atoms with E-state index in [-0.39, 0.29) is 11.7 Å². The van der Waals surface area contributed by atoms with Gasteiger partial charge in [0.1, 0.15) is 5.82 Å². The van der Waals surface area contributed by atoms with Crippen molar-refractivity contribution in [3.8, 4) is 0 Å². The number of carbonyl (C=O) groups is 1. The van der Waals surface area contributed by atoms with Crippen LogP contribution in [0.4, 0.5) is 17.5 Å². The van der Waals surface area contributed by atoms with E-state index in [1.165, 1.54) is 0 Å². The van der Waals surface area contributed by atoms with Crippen molar-refractivity contribution in [1.29, 1.82) is 0 Å². The second-order valence-electron chi connectivity index (χ2n) is 6.47. The molecule has 0 saturated carbocycles. The van der Waals surface area contributed by atoms with E-state index in [1.54, 1.807) is 29.6 Å². The predicted molar refractivity (Wildman–Crippen MR) is 104 cm³/mol. The topological polar surface area (TPSA) is 100 Å². The Hall–Kier alpha value is -3.62. The van der Waals surface area contributed by atoms with Gasteiger partial charge in [-0.05, 0) is 42.8 Å². The van der Waals surface area contributed by atoms with E-state index in [4.69, 9.17) is 0 Å². The summed E-state index contributed by atoms with van der Waals surface area (Å²) in [6.45, 7) is 4.55. The third-order valence-corrected chi connectivity index (χ3v) is 4.47. The Balaban J connectivity index is 1.35. The monoisotopic (exact) mass is 376 g/mol. The number of hydrogen-bond acceptors (Lipinski definition) is 8. The quantitative estimate of drug-likeness (QED) is 0.734. The van der Waals surface area contributed by atoms with Crippen molar-refractivity contribution in [3.05, 3.63) is 60.3 Å². The summed E-state index contributed by atoms with van der Waals surface area (Å²) in [7, 11) is 0. The zero-order valence-corrected chi connectivity index (χ0v) is 15.5. The minimum absolute atomic E-state index is 0.142. The lowest BCUT2D eigenvalue weighted by Crippen LogP contribution is -2.49. The number of hydrogen-bond donors (Lipinski definition) is 1. The van der Waals surface area contributed by atoms with Crippen LogP contribution in [0.1, 0.15) is 16.2 Å². The molecule has 1 aliphatic heterocycles. The molecular weight excluding hydrogens is 356 g/mol. The summed E-state index contributed by atoms with van der Waals surface area (Å²) in [6, 6.07) is 9.38. The van der Waals surface area contributed by atoms with Crippen LogP contribution in [0.3, 0.4) is 0 Å². The van der Waals surface area contributed by atoms with Crippen molar-refractivity contribution < 1.29 is 4.79 Å². The molecule has 4 rings (SSSR count). The normalized spacial score (nSPS) is 14.0. The number of piperazine rings is 1. The Labute approximate surface area is 162 Å². The minimum Gasteiger partial charge on any atom is -0.352 e. The minimum atomic E-state index is -0.142. The first-order valence-corrected chi connectivity index (χ1v) is 9.04. The molecule has 3 aromatic heterocycles. The predicted octanol–water partition coefficient (Wildman–Crippen LogP) is 1.68. The van der Waals surface area contributed by atoms with Crippen molar-refractivity contribution >= 4 is 23.4 Å². The third kappa shape index (κ3) is 4.03. The second-order valence-corrected chi connectivity index (χ2v) is 6.47. The number of nitrogens with one attached hydrogen (secondary N) is 1. The summed E-state index contributed by atoms with van der Waals surface area (Å²) in [4.78, 5) is 28.6. The Morgan fingerprint density at radius 1 is 0.929 bits per heavy atom. The van der Waals surface area contributed by atoms with Gasteiger partial charge in [0.2, 0.25) is 5.82 Å². The highest BCUT2D eigenvalue weighted by atomic mass is 16.2. The first kappa shape index (κ1) is 17.8. The molecule has 28 heavy (non-hydrogen) atoms. The van der Waals surface area contributed by atoms with E-state index < -0.39 is 0 Å². The van der Waals surface area contributed by atoms with Crippen LogP contribution in [0.25, 0.3) is 0 Å². The molecule has 0 aliphatic carbocycles. The lowest BCUT2D eigenvalue weighted by molar-refractivity contribution is 0.0734. The highest BCUT2D eigenvalue weighted by Crippen LogP contribution is 2.17. The molecule has 1 amide bonds. The van der Waals surface area contributed by atoms with Gasteiger partial charge < -0.3 is 15.1 Å². The highest BCUT2D eigenvalue weighted by Gasteiger charge is 2.24. The Bertz CT molecular complexity index is 940. The summed E-state index contributed by atoms with van der Waals surface area (Å²) < 4.78 is 0. The molecular formula is C19H20N8O. The summed E-state index contributed by atoms with van der Waals surface area (Å²) in [5, 5.41) is 11.7. The van der Waals surface area contributed by atoms with Crippen LogP contribution >= 0.6 is 0 Å². The molecule has 4 heterocycles. The molecule has 1 saturated heterocycles. The summed E-state index contributed by atoms with van der Waals surface area (Å²) in [6.07, 6.45) is 4.91. The summed E-state index contributed by atoms with van der Waals surface area (Å²) >= 11 is 0. The molecule has 1 N–H and O–H groups in total. The lowest BCUT2D eigenvalue weighted by atomic mass is 10.3. The van der Waals surface area contributed by atoms with Crippen molar-refractivity contribution in [1.82, 2.24) is 30.0 Å². The van der Waals surface area contributed by atoms with E-state index in [9.17, 15) is 4.79 Å². The molecule has 3 aromatic rings. The Morgan fingerprint density at radius 2 is 1.71 bits per heavy atom. The van der Waals surface area contributed by atoms with Gasteiger partial charge in [0.05, 0.1) is 0 Å². The van der Waals surface area contributed by atoms with Gasteiger partial charge in [-0.15, -0.1) is 10.2 Å². The number of aryl methyl sites for hydroxylation is 1. The van der Waals surface area contributed by atoms with Gasteiger partial charge in [0.25, 0.3) is 5.91 Å². The maximum atomic E-state index is 12.4. The van der Waals surface area contributed by atoms with Gasteiger partial charge in [-0.25, -0.2) is 15.0 Å². The molecule has 9 heteroatoms. The standard InChI is InChI=1S/C19H20N8O/c1-14-5-8-20-16(13-14)23-15-3-4-17(25-24-15)26-9-11-27(12-10-26)19(28)18-21-6-2-7-22-18/h2-8,13H,9-12H2,1H3,(H,20,23,24). The number of aromatic nitrogens is 5. The molecule has 0 unspecified atom stereocenters. The average molecular weight is 376 g/mol. The third-order valence-electron chi connectivity index (χ3n) is 4.47. The molecule has 0 aromatic carbocycles. The molecule has 0 bridgehead atoms. The molecule has 9 nitrogen and oxygen atoms in total.